The number of aliphatic imine (C=N–C) groups is 1. The van der Waals surface area contributed by atoms with E-state index in [1.165, 1.54) is 0 Å². The number of nitrogens with two attached hydrogens (primary N) is 1. The van der Waals surface area contributed by atoms with Crippen molar-refractivity contribution in [3.8, 4) is 23.0 Å². The van der Waals surface area contributed by atoms with Crippen LogP contribution in [0.5, 0.6) is 23.0 Å². The van der Waals surface area contributed by atoms with E-state index in [1.54, 1.807) is 45.4 Å². The van der Waals surface area contributed by atoms with Crippen molar-refractivity contribution in [2.45, 2.75) is 46.7 Å². The molecule has 37 heavy (non-hydrogen) atoms. The molecule has 3 rings (SSSR count). The molecule has 8 heteroatoms. The Morgan fingerprint density at radius 3 is 2.30 bits per heavy atom. The van der Waals surface area contributed by atoms with E-state index < -0.39 is 0 Å². The van der Waals surface area contributed by atoms with Gasteiger partial charge in [0.1, 0.15) is 17.2 Å². The number of nitrogens with zero attached hydrogens (tertiary/aromatic N) is 2. The highest BCUT2D eigenvalue weighted by molar-refractivity contribution is 6.43. The standard InChI is InChI=1S/C27H35N3O5.C2H6/c1-6-35-24-9-7-8-20(26(24)34-5)17-30(16-19-12-13-21(32-3)14-25(19)33-4)27(31)23(29-2)15-22(28)18-10-11-18;1-2/h7-9,12-15,18H,6,10-11,16-17,28H2,1-5H3;1-2H3/b22-15-,29-23?;. The first-order valence-corrected chi connectivity index (χ1v) is 12.7. The summed E-state index contributed by atoms with van der Waals surface area (Å²) in [6, 6.07) is 11.2. The third kappa shape index (κ3) is 7.90. The van der Waals surface area contributed by atoms with Gasteiger partial charge in [0.15, 0.2) is 11.5 Å². The van der Waals surface area contributed by atoms with Gasteiger partial charge >= 0.3 is 0 Å². The van der Waals surface area contributed by atoms with Crippen LogP contribution in [-0.2, 0) is 17.9 Å². The molecule has 1 aliphatic rings. The minimum atomic E-state index is -0.238. The molecule has 0 aliphatic heterocycles. The third-order valence-electron chi connectivity index (χ3n) is 5.88. The maximum absolute atomic E-state index is 13.8. The van der Waals surface area contributed by atoms with Crippen molar-refractivity contribution in [1.82, 2.24) is 4.90 Å². The summed E-state index contributed by atoms with van der Waals surface area (Å²) >= 11 is 0. The van der Waals surface area contributed by atoms with Crippen LogP contribution in [0.25, 0.3) is 0 Å². The van der Waals surface area contributed by atoms with E-state index in [0.29, 0.717) is 46.9 Å². The summed E-state index contributed by atoms with van der Waals surface area (Å²) in [6.07, 6.45) is 3.79. The molecule has 0 atom stereocenters. The van der Waals surface area contributed by atoms with Gasteiger partial charge in [-0.05, 0) is 50.0 Å². The van der Waals surface area contributed by atoms with Crippen molar-refractivity contribution in [2.75, 3.05) is 35.0 Å². The fourth-order valence-electron chi connectivity index (χ4n) is 3.86. The molecule has 1 aliphatic carbocycles. The molecule has 0 aromatic heterocycles. The zero-order valence-corrected chi connectivity index (χ0v) is 23.2. The second-order valence-electron chi connectivity index (χ2n) is 8.25. The van der Waals surface area contributed by atoms with E-state index in [4.69, 9.17) is 24.7 Å². The maximum Gasteiger partial charge on any atom is 0.272 e. The van der Waals surface area contributed by atoms with Crippen molar-refractivity contribution in [3.05, 3.63) is 59.3 Å². The molecule has 2 N–H and O–H groups in total. The molecule has 0 unspecified atom stereocenters. The summed E-state index contributed by atoms with van der Waals surface area (Å²) in [5.41, 5.74) is 8.86. The minimum Gasteiger partial charge on any atom is -0.497 e. The topological polar surface area (TPSA) is 95.6 Å². The Balaban J connectivity index is 0.00000235. The van der Waals surface area contributed by atoms with Crippen molar-refractivity contribution in [3.63, 3.8) is 0 Å². The lowest BCUT2D eigenvalue weighted by atomic mass is 10.1. The van der Waals surface area contributed by atoms with Gasteiger partial charge in [-0.25, -0.2) is 0 Å². The maximum atomic E-state index is 13.8. The number of carbonyl (C=O) groups is 1. The predicted molar refractivity (Wildman–Crippen MR) is 148 cm³/mol. The van der Waals surface area contributed by atoms with Crippen LogP contribution in [0.1, 0.15) is 44.7 Å². The number of hydrogen-bond donors (Lipinski definition) is 1. The van der Waals surface area contributed by atoms with Gasteiger partial charge in [-0.2, -0.15) is 0 Å². The number of carbonyl (C=O) groups excluding carboxylic acids is 1. The van der Waals surface area contributed by atoms with E-state index in [0.717, 1.165) is 24.0 Å². The van der Waals surface area contributed by atoms with E-state index in [-0.39, 0.29) is 19.0 Å². The van der Waals surface area contributed by atoms with Gasteiger partial charge in [0.25, 0.3) is 5.91 Å². The summed E-state index contributed by atoms with van der Waals surface area (Å²) in [7, 11) is 6.39. The van der Waals surface area contributed by atoms with Crippen LogP contribution in [0.3, 0.4) is 0 Å². The number of amides is 1. The minimum absolute atomic E-state index is 0.238. The Hall–Kier alpha value is -3.68. The fourth-order valence-corrected chi connectivity index (χ4v) is 3.86. The highest BCUT2D eigenvalue weighted by Crippen LogP contribution is 2.35. The van der Waals surface area contributed by atoms with Gasteiger partial charge in [0, 0.05) is 29.9 Å². The molecule has 0 radical (unpaired) electrons. The second-order valence-corrected chi connectivity index (χ2v) is 8.25. The Labute approximate surface area is 221 Å². The van der Waals surface area contributed by atoms with E-state index in [2.05, 4.69) is 4.99 Å². The highest BCUT2D eigenvalue weighted by atomic mass is 16.5. The van der Waals surface area contributed by atoms with Crippen LogP contribution in [0, 0.1) is 5.92 Å². The monoisotopic (exact) mass is 511 g/mol. The van der Waals surface area contributed by atoms with E-state index in [9.17, 15) is 4.79 Å². The van der Waals surface area contributed by atoms with Gasteiger partial charge in [-0.15, -0.1) is 0 Å². The molecule has 2 aromatic carbocycles. The summed E-state index contributed by atoms with van der Waals surface area (Å²) in [4.78, 5) is 19.7. The Kier molecular flexibility index (Phi) is 11.8. The molecular formula is C29H41N3O5. The average molecular weight is 512 g/mol. The number of hydrogen-bond acceptors (Lipinski definition) is 7. The molecule has 0 bridgehead atoms. The van der Waals surface area contributed by atoms with Crippen molar-refractivity contribution < 1.29 is 23.7 Å². The Morgan fingerprint density at radius 2 is 1.73 bits per heavy atom. The first-order chi connectivity index (χ1) is 17.9. The number of allylic oxidation sites excluding steroid dienone is 1. The summed E-state index contributed by atoms with van der Waals surface area (Å²) in [5.74, 6) is 2.61. The summed E-state index contributed by atoms with van der Waals surface area (Å²) < 4.78 is 22.3. The van der Waals surface area contributed by atoms with Crippen LogP contribution < -0.4 is 24.7 Å². The molecule has 0 saturated heterocycles. The molecule has 202 valence electrons. The van der Waals surface area contributed by atoms with E-state index in [1.807, 2.05) is 51.1 Å². The first kappa shape index (κ1) is 29.5. The predicted octanol–water partition coefficient (Wildman–Crippen LogP) is 4.99. The largest absolute Gasteiger partial charge is 0.497 e. The quantitative estimate of drug-likeness (QED) is 0.404. The molecule has 0 spiro atoms. The van der Waals surface area contributed by atoms with Gasteiger partial charge in [0.2, 0.25) is 0 Å². The molecule has 1 saturated carbocycles. The zero-order valence-electron chi connectivity index (χ0n) is 23.2. The molecule has 0 heterocycles. The fraction of sp³-hybridized carbons (Fsp3) is 0.448. The van der Waals surface area contributed by atoms with Crippen LogP contribution in [0.15, 0.2) is 53.2 Å². The van der Waals surface area contributed by atoms with Crippen molar-refractivity contribution >= 4 is 11.6 Å². The molecular weight excluding hydrogens is 470 g/mol. The molecule has 1 fully saturated rings. The lowest BCUT2D eigenvalue weighted by Crippen LogP contribution is -2.35. The number of para-hydroxylation sites is 1. The van der Waals surface area contributed by atoms with Gasteiger partial charge in [0.05, 0.1) is 41.0 Å². The second kappa shape index (κ2) is 14.8. The summed E-state index contributed by atoms with van der Waals surface area (Å²) in [6.45, 7) is 6.97. The molecule has 8 nitrogen and oxygen atoms in total. The Morgan fingerprint density at radius 1 is 1.03 bits per heavy atom. The van der Waals surface area contributed by atoms with Gasteiger partial charge in [-0.3, -0.25) is 9.79 Å². The first-order valence-electron chi connectivity index (χ1n) is 12.7. The number of ether oxygens (including phenoxy) is 4. The molecule has 2 aromatic rings. The van der Waals surface area contributed by atoms with Crippen molar-refractivity contribution in [2.24, 2.45) is 16.6 Å². The molecule has 1 amide bonds. The zero-order chi connectivity index (χ0) is 27.4. The van der Waals surface area contributed by atoms with Crippen LogP contribution in [0.4, 0.5) is 0 Å². The van der Waals surface area contributed by atoms with E-state index >= 15 is 0 Å². The average Bonchev–Trinajstić information content (AvgIpc) is 3.78. The van der Waals surface area contributed by atoms with Gasteiger partial charge < -0.3 is 29.6 Å². The lowest BCUT2D eigenvalue weighted by molar-refractivity contribution is -0.125. The van der Waals surface area contributed by atoms with Crippen LogP contribution >= 0.6 is 0 Å². The summed E-state index contributed by atoms with van der Waals surface area (Å²) in [5, 5.41) is 0. The van der Waals surface area contributed by atoms with Crippen molar-refractivity contribution in [1.29, 1.82) is 0 Å². The van der Waals surface area contributed by atoms with Crippen LogP contribution in [0.2, 0.25) is 0 Å². The third-order valence-corrected chi connectivity index (χ3v) is 5.88. The number of rotatable bonds is 12. The highest BCUT2D eigenvalue weighted by Gasteiger charge is 2.27. The number of methoxy groups -OCH3 is 3. The van der Waals surface area contributed by atoms with Gasteiger partial charge in [-0.1, -0.05) is 26.0 Å². The number of benzene rings is 2. The smallest absolute Gasteiger partial charge is 0.272 e. The Bertz CT molecular complexity index is 1090. The van der Waals surface area contributed by atoms with Crippen LogP contribution in [-0.4, -0.2) is 51.5 Å². The normalized spacial score (nSPS) is 13.3. The lowest BCUT2D eigenvalue weighted by Gasteiger charge is -2.25. The SMILES string of the molecule is CC.CCOc1cccc(CN(Cc2ccc(OC)cc2OC)C(=O)C(/C=C(\N)C2CC2)=NC)c1OC.